The fraction of sp³-hybridized carbons (Fsp3) is 0.421. The highest BCUT2D eigenvalue weighted by molar-refractivity contribution is 5.84. The van der Waals surface area contributed by atoms with E-state index in [0.29, 0.717) is 12.0 Å². The van der Waals surface area contributed by atoms with Crippen LogP contribution in [0, 0.1) is 5.82 Å². The summed E-state index contributed by atoms with van der Waals surface area (Å²) in [5.41, 5.74) is 3.47. The standard InChI is InChI=1S/C19H27FN2/c1-5-15-11-9-13-18(19(15)20)16(14-21-3)10-7-8-12-17(6-2)22-4/h7,9-11,13-14,21H,5-6,8,12H2,1-4H3/b10-7-,16-14+,22-17+. The van der Waals surface area contributed by atoms with Gasteiger partial charge in [-0.05, 0) is 36.8 Å². The van der Waals surface area contributed by atoms with Crippen LogP contribution in [0.5, 0.6) is 0 Å². The molecule has 1 aromatic carbocycles. The van der Waals surface area contributed by atoms with Crippen LogP contribution in [-0.2, 0) is 6.42 Å². The topological polar surface area (TPSA) is 24.4 Å². The summed E-state index contributed by atoms with van der Waals surface area (Å²) in [6, 6.07) is 5.57. The molecule has 0 fully saturated rings. The number of nitrogens with one attached hydrogen (secondary N) is 1. The first-order valence-electron chi connectivity index (χ1n) is 7.94. The first-order chi connectivity index (χ1) is 10.7. The fourth-order valence-corrected chi connectivity index (χ4v) is 2.35. The van der Waals surface area contributed by atoms with Crippen LogP contribution in [0.2, 0.25) is 0 Å². The minimum Gasteiger partial charge on any atom is -0.393 e. The van der Waals surface area contributed by atoms with Crippen LogP contribution in [0.15, 0.2) is 41.5 Å². The second-order valence-corrected chi connectivity index (χ2v) is 5.11. The van der Waals surface area contributed by atoms with Crippen molar-refractivity contribution in [1.82, 2.24) is 5.32 Å². The Morgan fingerprint density at radius 2 is 2.09 bits per heavy atom. The van der Waals surface area contributed by atoms with Gasteiger partial charge in [-0.15, -0.1) is 0 Å². The predicted octanol–water partition coefficient (Wildman–Crippen LogP) is 4.77. The van der Waals surface area contributed by atoms with Gasteiger partial charge in [-0.25, -0.2) is 4.39 Å². The molecule has 1 rings (SSSR count). The van der Waals surface area contributed by atoms with Crippen molar-refractivity contribution in [3.05, 3.63) is 53.5 Å². The Kier molecular flexibility index (Phi) is 8.19. The minimum absolute atomic E-state index is 0.125. The molecule has 0 heterocycles. The minimum atomic E-state index is -0.125. The van der Waals surface area contributed by atoms with Crippen molar-refractivity contribution in [3.63, 3.8) is 0 Å². The number of rotatable bonds is 8. The highest BCUT2D eigenvalue weighted by Gasteiger charge is 2.09. The van der Waals surface area contributed by atoms with E-state index in [-0.39, 0.29) is 5.82 Å². The van der Waals surface area contributed by atoms with Crippen molar-refractivity contribution in [2.45, 2.75) is 39.5 Å². The Bertz CT molecular complexity index is 557. The Balaban J connectivity index is 2.90. The Morgan fingerprint density at radius 3 is 2.68 bits per heavy atom. The summed E-state index contributed by atoms with van der Waals surface area (Å²) in [4.78, 5) is 4.25. The zero-order valence-corrected chi connectivity index (χ0v) is 14.1. The van der Waals surface area contributed by atoms with Gasteiger partial charge in [0.1, 0.15) is 5.82 Å². The summed E-state index contributed by atoms with van der Waals surface area (Å²) in [6.07, 6.45) is 9.45. The van der Waals surface area contributed by atoms with E-state index in [1.165, 1.54) is 5.71 Å². The third kappa shape index (κ3) is 5.14. The molecule has 2 nitrogen and oxygen atoms in total. The number of hydrogen-bond donors (Lipinski definition) is 1. The largest absolute Gasteiger partial charge is 0.393 e. The SMILES string of the molecule is CC/C(CC/C=C\C(=C/NC)c1cccc(CC)c1F)=N\C. The van der Waals surface area contributed by atoms with Crippen molar-refractivity contribution in [1.29, 1.82) is 0 Å². The van der Waals surface area contributed by atoms with Gasteiger partial charge in [-0.1, -0.05) is 44.2 Å². The van der Waals surface area contributed by atoms with E-state index in [2.05, 4.69) is 23.3 Å². The third-order valence-electron chi connectivity index (χ3n) is 3.69. The summed E-state index contributed by atoms with van der Waals surface area (Å²) in [5, 5.41) is 3.00. The Hall–Kier alpha value is -1.90. The van der Waals surface area contributed by atoms with Crippen molar-refractivity contribution >= 4 is 11.3 Å². The lowest BCUT2D eigenvalue weighted by molar-refractivity contribution is 0.608. The van der Waals surface area contributed by atoms with Gasteiger partial charge in [0.05, 0.1) is 0 Å². The molecular formula is C19H27FN2. The molecular weight excluding hydrogens is 275 g/mol. The van der Waals surface area contributed by atoms with E-state index < -0.39 is 0 Å². The lowest BCUT2D eigenvalue weighted by Crippen LogP contribution is -1.99. The van der Waals surface area contributed by atoms with E-state index in [4.69, 9.17) is 0 Å². The molecule has 0 amide bonds. The summed E-state index contributed by atoms with van der Waals surface area (Å²) in [7, 11) is 3.66. The average Bonchev–Trinajstić information content (AvgIpc) is 2.54. The molecule has 0 saturated carbocycles. The maximum absolute atomic E-state index is 14.5. The number of hydrogen-bond acceptors (Lipinski definition) is 2. The molecule has 0 radical (unpaired) electrons. The van der Waals surface area contributed by atoms with Gasteiger partial charge >= 0.3 is 0 Å². The molecule has 0 atom stereocenters. The van der Waals surface area contributed by atoms with Gasteiger partial charge < -0.3 is 5.32 Å². The molecule has 0 aliphatic carbocycles. The van der Waals surface area contributed by atoms with Crippen molar-refractivity contribution in [2.24, 2.45) is 4.99 Å². The third-order valence-corrected chi connectivity index (χ3v) is 3.69. The quantitative estimate of drug-likeness (QED) is 0.543. The van der Waals surface area contributed by atoms with E-state index >= 15 is 0 Å². The molecule has 3 heteroatoms. The van der Waals surface area contributed by atoms with Crippen LogP contribution in [0.3, 0.4) is 0 Å². The van der Waals surface area contributed by atoms with Crippen molar-refractivity contribution in [3.8, 4) is 0 Å². The van der Waals surface area contributed by atoms with E-state index in [1.54, 1.807) is 0 Å². The van der Waals surface area contributed by atoms with E-state index in [9.17, 15) is 4.39 Å². The second-order valence-electron chi connectivity index (χ2n) is 5.11. The zero-order valence-electron chi connectivity index (χ0n) is 14.1. The van der Waals surface area contributed by atoms with E-state index in [0.717, 1.165) is 30.4 Å². The van der Waals surface area contributed by atoms with Crippen LogP contribution in [0.4, 0.5) is 4.39 Å². The summed E-state index contributed by atoms with van der Waals surface area (Å²) in [6.45, 7) is 4.08. The molecule has 0 saturated heterocycles. The number of allylic oxidation sites excluding steroid dienone is 3. The Morgan fingerprint density at radius 1 is 1.32 bits per heavy atom. The van der Waals surface area contributed by atoms with Gasteiger partial charge in [-0.2, -0.15) is 0 Å². The first kappa shape index (κ1) is 18.1. The highest BCUT2D eigenvalue weighted by atomic mass is 19.1. The van der Waals surface area contributed by atoms with Crippen LogP contribution < -0.4 is 5.32 Å². The summed E-state index contributed by atoms with van der Waals surface area (Å²) in [5.74, 6) is -0.125. The average molecular weight is 302 g/mol. The number of aryl methyl sites for hydroxylation is 1. The second kappa shape index (κ2) is 9.93. The fourth-order valence-electron chi connectivity index (χ4n) is 2.35. The molecule has 120 valence electrons. The molecule has 1 N–H and O–H groups in total. The van der Waals surface area contributed by atoms with Gasteiger partial charge in [-0.3, -0.25) is 4.99 Å². The number of aliphatic imine (C=N–C) groups is 1. The summed E-state index contributed by atoms with van der Waals surface area (Å²) < 4.78 is 14.5. The van der Waals surface area contributed by atoms with Gasteiger partial charge in [0.25, 0.3) is 0 Å². The molecule has 0 unspecified atom stereocenters. The van der Waals surface area contributed by atoms with Gasteiger partial charge in [0.15, 0.2) is 0 Å². The molecule has 1 aromatic rings. The number of benzene rings is 1. The molecule has 0 bridgehead atoms. The normalized spacial score (nSPS) is 13.0. The number of halogens is 1. The van der Waals surface area contributed by atoms with Gasteiger partial charge in [0, 0.05) is 31.6 Å². The van der Waals surface area contributed by atoms with Crippen molar-refractivity contribution < 1.29 is 4.39 Å². The highest BCUT2D eigenvalue weighted by Crippen LogP contribution is 2.22. The lowest BCUT2D eigenvalue weighted by Gasteiger charge is -2.08. The molecule has 0 aromatic heterocycles. The maximum atomic E-state index is 14.5. The Labute approximate surface area is 133 Å². The lowest BCUT2D eigenvalue weighted by atomic mass is 10.0. The smallest absolute Gasteiger partial charge is 0.134 e. The summed E-state index contributed by atoms with van der Waals surface area (Å²) >= 11 is 0. The predicted molar refractivity (Wildman–Crippen MR) is 94.8 cm³/mol. The van der Waals surface area contributed by atoms with E-state index in [1.807, 2.05) is 51.5 Å². The zero-order chi connectivity index (χ0) is 16.4. The maximum Gasteiger partial charge on any atom is 0.134 e. The van der Waals surface area contributed by atoms with Crippen LogP contribution in [0.1, 0.15) is 44.2 Å². The number of nitrogens with zero attached hydrogens (tertiary/aromatic N) is 1. The van der Waals surface area contributed by atoms with Crippen LogP contribution >= 0.6 is 0 Å². The molecule has 22 heavy (non-hydrogen) atoms. The molecule has 0 aliphatic rings. The molecule has 0 spiro atoms. The monoisotopic (exact) mass is 302 g/mol. The van der Waals surface area contributed by atoms with Gasteiger partial charge in [0.2, 0.25) is 0 Å². The first-order valence-corrected chi connectivity index (χ1v) is 7.94. The van der Waals surface area contributed by atoms with Crippen LogP contribution in [-0.4, -0.2) is 19.8 Å². The van der Waals surface area contributed by atoms with Crippen LogP contribution in [0.25, 0.3) is 5.57 Å². The molecule has 0 aliphatic heterocycles. The van der Waals surface area contributed by atoms with Crippen molar-refractivity contribution in [2.75, 3.05) is 14.1 Å².